The van der Waals surface area contributed by atoms with E-state index in [-0.39, 0.29) is 12.1 Å². The van der Waals surface area contributed by atoms with Crippen LogP contribution in [0.2, 0.25) is 0 Å². The van der Waals surface area contributed by atoms with Crippen LogP contribution in [0.15, 0.2) is 11.6 Å². The maximum absolute atomic E-state index is 11.5. The molecule has 0 aromatic heterocycles. The second kappa shape index (κ2) is 5.03. The lowest BCUT2D eigenvalue weighted by Crippen LogP contribution is -2.33. The van der Waals surface area contributed by atoms with Crippen molar-refractivity contribution in [1.29, 1.82) is 0 Å². The smallest absolute Gasteiger partial charge is 0.330 e. The number of carbonyl (C=O) groups is 1. The third kappa shape index (κ3) is 4.38. The van der Waals surface area contributed by atoms with Crippen molar-refractivity contribution in [2.24, 2.45) is 11.3 Å². The highest BCUT2D eigenvalue weighted by atomic mass is 16.5. The summed E-state index contributed by atoms with van der Waals surface area (Å²) in [4.78, 5) is 11.5. The molecule has 0 aliphatic heterocycles. The van der Waals surface area contributed by atoms with Gasteiger partial charge in [0.05, 0.1) is 0 Å². The highest BCUT2D eigenvalue weighted by Gasteiger charge is 2.33. The second-order valence-corrected chi connectivity index (χ2v) is 6.19. The van der Waals surface area contributed by atoms with E-state index in [2.05, 4.69) is 20.8 Å². The van der Waals surface area contributed by atoms with Gasteiger partial charge in [-0.15, -0.1) is 0 Å². The fourth-order valence-corrected chi connectivity index (χ4v) is 2.78. The van der Waals surface area contributed by atoms with E-state index in [1.54, 1.807) is 6.08 Å². The van der Waals surface area contributed by atoms with Crippen LogP contribution in [-0.4, -0.2) is 12.1 Å². The minimum atomic E-state index is -0.185. The van der Waals surface area contributed by atoms with Gasteiger partial charge in [-0.25, -0.2) is 4.79 Å². The van der Waals surface area contributed by atoms with E-state index in [1.807, 2.05) is 13.8 Å². The summed E-state index contributed by atoms with van der Waals surface area (Å²) in [6.07, 6.45) is 4.89. The first kappa shape index (κ1) is 13.3. The lowest BCUT2D eigenvalue weighted by molar-refractivity contribution is -0.147. The van der Waals surface area contributed by atoms with Crippen molar-refractivity contribution in [2.75, 3.05) is 0 Å². The van der Waals surface area contributed by atoms with Gasteiger partial charge in [-0.05, 0) is 44.4 Å². The van der Waals surface area contributed by atoms with E-state index in [0.29, 0.717) is 11.3 Å². The van der Waals surface area contributed by atoms with Crippen LogP contribution >= 0.6 is 0 Å². The van der Waals surface area contributed by atoms with Gasteiger partial charge in [-0.3, -0.25) is 0 Å². The van der Waals surface area contributed by atoms with Crippen LogP contribution in [0.1, 0.15) is 53.9 Å². The van der Waals surface area contributed by atoms with Crippen LogP contribution in [0, 0.1) is 11.3 Å². The predicted molar refractivity (Wildman–Crippen MR) is 66.1 cm³/mol. The molecule has 1 rings (SSSR count). The zero-order valence-corrected chi connectivity index (χ0v) is 11.2. The number of rotatable bonds is 2. The Labute approximate surface area is 99.1 Å². The first-order valence-corrected chi connectivity index (χ1v) is 6.14. The summed E-state index contributed by atoms with van der Waals surface area (Å²) in [5.41, 5.74) is 1.29. The normalized spacial score (nSPS) is 28.3. The number of ether oxygens (including phenoxy) is 1. The predicted octanol–water partition coefficient (Wildman–Crippen LogP) is 3.71. The molecule has 0 saturated heterocycles. The van der Waals surface area contributed by atoms with E-state index in [0.717, 1.165) is 18.4 Å². The number of hydrogen-bond acceptors (Lipinski definition) is 2. The van der Waals surface area contributed by atoms with Gasteiger partial charge < -0.3 is 4.74 Å². The molecule has 1 aliphatic carbocycles. The molecule has 0 amide bonds. The first-order chi connectivity index (χ1) is 7.28. The third-order valence-electron chi connectivity index (χ3n) is 3.04. The Kier molecular flexibility index (Phi) is 4.17. The van der Waals surface area contributed by atoms with Gasteiger partial charge in [-0.2, -0.15) is 0 Å². The fourth-order valence-electron chi connectivity index (χ4n) is 2.78. The van der Waals surface area contributed by atoms with Crippen molar-refractivity contribution >= 4 is 5.97 Å². The molecule has 1 saturated carbocycles. The minimum absolute atomic E-state index is 0.0989. The SMILES string of the molecule is CC(C)=CC(=O)OC1CC(C)CC(C)(C)C1. The van der Waals surface area contributed by atoms with Gasteiger partial charge >= 0.3 is 5.97 Å². The summed E-state index contributed by atoms with van der Waals surface area (Å²) < 4.78 is 5.49. The Hall–Kier alpha value is -0.790. The Bertz CT molecular complexity index is 285. The summed E-state index contributed by atoms with van der Waals surface area (Å²) in [6, 6.07) is 0. The number of hydrogen-bond donors (Lipinski definition) is 0. The zero-order chi connectivity index (χ0) is 12.3. The Morgan fingerprint density at radius 1 is 1.31 bits per heavy atom. The van der Waals surface area contributed by atoms with Crippen molar-refractivity contribution in [3.63, 3.8) is 0 Å². The van der Waals surface area contributed by atoms with Gasteiger partial charge in [0.2, 0.25) is 0 Å². The Morgan fingerprint density at radius 2 is 1.94 bits per heavy atom. The standard InChI is InChI=1S/C14H24O2/c1-10(2)6-13(15)16-12-7-11(3)8-14(4,5)9-12/h6,11-12H,7-9H2,1-5H3. The third-order valence-corrected chi connectivity index (χ3v) is 3.04. The lowest BCUT2D eigenvalue weighted by Gasteiger charge is -2.38. The fraction of sp³-hybridized carbons (Fsp3) is 0.786. The molecule has 0 heterocycles. The largest absolute Gasteiger partial charge is 0.459 e. The molecule has 2 heteroatoms. The molecule has 0 aromatic carbocycles. The molecule has 2 atom stereocenters. The number of esters is 1. The molecule has 0 aromatic rings. The minimum Gasteiger partial charge on any atom is -0.459 e. The van der Waals surface area contributed by atoms with Crippen LogP contribution in [0.25, 0.3) is 0 Å². The summed E-state index contributed by atoms with van der Waals surface area (Å²) in [6.45, 7) is 10.6. The average Bonchev–Trinajstić information content (AvgIpc) is 1.95. The molecule has 1 fully saturated rings. The first-order valence-electron chi connectivity index (χ1n) is 6.14. The molecular weight excluding hydrogens is 200 g/mol. The molecule has 0 bridgehead atoms. The molecule has 2 nitrogen and oxygen atoms in total. The zero-order valence-electron chi connectivity index (χ0n) is 11.2. The van der Waals surface area contributed by atoms with Gasteiger partial charge in [0.25, 0.3) is 0 Å². The summed E-state index contributed by atoms with van der Waals surface area (Å²) in [7, 11) is 0. The summed E-state index contributed by atoms with van der Waals surface area (Å²) in [5.74, 6) is 0.461. The van der Waals surface area contributed by atoms with Crippen molar-refractivity contribution < 1.29 is 9.53 Å². The molecule has 16 heavy (non-hydrogen) atoms. The van der Waals surface area contributed by atoms with Crippen molar-refractivity contribution in [3.8, 4) is 0 Å². The Balaban J connectivity index is 2.55. The van der Waals surface area contributed by atoms with Crippen LogP contribution in [0.3, 0.4) is 0 Å². The molecule has 0 spiro atoms. The average molecular weight is 224 g/mol. The monoisotopic (exact) mass is 224 g/mol. The summed E-state index contributed by atoms with van der Waals surface area (Å²) in [5, 5.41) is 0. The van der Waals surface area contributed by atoms with E-state index in [4.69, 9.17) is 4.74 Å². The second-order valence-electron chi connectivity index (χ2n) is 6.19. The van der Waals surface area contributed by atoms with E-state index >= 15 is 0 Å². The van der Waals surface area contributed by atoms with E-state index < -0.39 is 0 Å². The van der Waals surface area contributed by atoms with Crippen LogP contribution in [-0.2, 0) is 9.53 Å². The van der Waals surface area contributed by atoms with Crippen LogP contribution < -0.4 is 0 Å². The van der Waals surface area contributed by atoms with E-state index in [9.17, 15) is 4.79 Å². The lowest BCUT2D eigenvalue weighted by atomic mass is 9.71. The maximum Gasteiger partial charge on any atom is 0.330 e. The quantitative estimate of drug-likeness (QED) is 0.528. The molecular formula is C14H24O2. The number of carbonyl (C=O) groups excluding carboxylic acids is 1. The molecule has 1 aliphatic rings. The van der Waals surface area contributed by atoms with Crippen molar-refractivity contribution in [1.82, 2.24) is 0 Å². The highest BCUT2D eigenvalue weighted by Crippen LogP contribution is 2.39. The van der Waals surface area contributed by atoms with Crippen LogP contribution in [0.5, 0.6) is 0 Å². The van der Waals surface area contributed by atoms with Crippen molar-refractivity contribution in [2.45, 2.75) is 60.0 Å². The number of allylic oxidation sites excluding steroid dienone is 1. The molecule has 92 valence electrons. The van der Waals surface area contributed by atoms with Gasteiger partial charge in [0, 0.05) is 6.08 Å². The molecule has 2 unspecified atom stereocenters. The summed E-state index contributed by atoms with van der Waals surface area (Å²) >= 11 is 0. The molecule has 0 radical (unpaired) electrons. The van der Waals surface area contributed by atoms with Crippen LogP contribution in [0.4, 0.5) is 0 Å². The Morgan fingerprint density at radius 3 is 2.44 bits per heavy atom. The van der Waals surface area contributed by atoms with E-state index in [1.165, 1.54) is 6.42 Å². The van der Waals surface area contributed by atoms with Gasteiger partial charge in [0.15, 0.2) is 0 Å². The molecule has 0 N–H and O–H groups in total. The highest BCUT2D eigenvalue weighted by molar-refractivity contribution is 5.82. The maximum atomic E-state index is 11.5. The topological polar surface area (TPSA) is 26.3 Å². The van der Waals surface area contributed by atoms with Gasteiger partial charge in [-0.1, -0.05) is 26.3 Å². The van der Waals surface area contributed by atoms with Gasteiger partial charge in [0.1, 0.15) is 6.10 Å². The van der Waals surface area contributed by atoms with Crippen molar-refractivity contribution in [3.05, 3.63) is 11.6 Å².